The first-order chi connectivity index (χ1) is 8.15. The molecular formula is C10H18N4O2S. The molecule has 0 fully saturated rings. The Morgan fingerprint density at radius 3 is 2.76 bits per heavy atom. The number of hydrogen-bond donors (Lipinski definition) is 1. The number of aryl methyl sites for hydroxylation is 1. The summed E-state index contributed by atoms with van der Waals surface area (Å²) in [7, 11) is 1.71. The van der Waals surface area contributed by atoms with Gasteiger partial charge in [0.15, 0.2) is 0 Å². The fraction of sp³-hybridized carbons (Fsp3) is 0.800. The lowest BCUT2D eigenvalue weighted by molar-refractivity contribution is -0.136. The number of nitrogens with zero attached hydrogens (tertiary/aromatic N) is 4. The maximum atomic E-state index is 11.1. The van der Waals surface area contributed by atoms with Crippen LogP contribution in [0.15, 0.2) is 5.16 Å². The maximum Gasteiger partial charge on any atom is 0.317 e. The third-order valence-corrected chi connectivity index (χ3v) is 3.70. The molecule has 1 aromatic rings. The molecule has 0 saturated heterocycles. The van der Waals surface area contributed by atoms with Crippen molar-refractivity contribution in [3.8, 4) is 0 Å². The highest BCUT2D eigenvalue weighted by Gasteiger charge is 2.21. The Labute approximate surface area is 105 Å². The molecule has 1 N–H and O–H groups in total. The van der Waals surface area contributed by atoms with Crippen molar-refractivity contribution in [3.05, 3.63) is 0 Å². The van der Waals surface area contributed by atoms with Crippen molar-refractivity contribution in [2.45, 2.75) is 49.4 Å². The molecule has 7 heteroatoms. The smallest absolute Gasteiger partial charge is 0.317 e. The molecule has 0 saturated carbocycles. The van der Waals surface area contributed by atoms with Gasteiger partial charge in [0.1, 0.15) is 5.25 Å². The molecule has 0 radical (unpaired) electrons. The predicted octanol–water partition coefficient (Wildman–Crippen LogP) is 1.73. The average molecular weight is 258 g/mol. The number of aromatic nitrogens is 4. The summed E-state index contributed by atoms with van der Waals surface area (Å²) in [5.74, 6) is -0.797. The number of thioether (sulfide) groups is 1. The zero-order chi connectivity index (χ0) is 12.7. The number of carboxylic acid groups (broad SMARTS) is 1. The zero-order valence-corrected chi connectivity index (χ0v) is 11.0. The Balaban J connectivity index is 2.44. The summed E-state index contributed by atoms with van der Waals surface area (Å²) >= 11 is 1.22. The van der Waals surface area contributed by atoms with Crippen LogP contribution in [0.4, 0.5) is 0 Å². The van der Waals surface area contributed by atoms with Gasteiger partial charge in [0, 0.05) is 7.05 Å². The second-order valence-electron chi connectivity index (χ2n) is 3.88. The van der Waals surface area contributed by atoms with Crippen molar-refractivity contribution in [2.24, 2.45) is 7.05 Å². The van der Waals surface area contributed by atoms with E-state index < -0.39 is 11.2 Å². The summed E-state index contributed by atoms with van der Waals surface area (Å²) in [4.78, 5) is 11.1. The van der Waals surface area contributed by atoms with Crippen LogP contribution in [0, 0.1) is 0 Å². The van der Waals surface area contributed by atoms with E-state index in [0.717, 1.165) is 25.7 Å². The minimum absolute atomic E-state index is 0.462. The van der Waals surface area contributed by atoms with Gasteiger partial charge < -0.3 is 5.11 Å². The lowest BCUT2D eigenvalue weighted by atomic mass is 10.1. The van der Waals surface area contributed by atoms with Crippen LogP contribution in [0.25, 0.3) is 0 Å². The third-order valence-electron chi connectivity index (χ3n) is 2.42. The van der Waals surface area contributed by atoms with Gasteiger partial charge >= 0.3 is 5.97 Å². The number of rotatable bonds is 8. The van der Waals surface area contributed by atoms with E-state index in [4.69, 9.17) is 5.11 Å². The van der Waals surface area contributed by atoms with E-state index >= 15 is 0 Å². The topological polar surface area (TPSA) is 80.9 Å². The molecule has 1 atom stereocenters. The average Bonchev–Trinajstić information content (AvgIpc) is 2.68. The number of carbonyl (C=O) groups is 1. The molecule has 0 aliphatic rings. The van der Waals surface area contributed by atoms with Crippen molar-refractivity contribution in [2.75, 3.05) is 0 Å². The third kappa shape index (κ3) is 4.72. The van der Waals surface area contributed by atoms with Gasteiger partial charge in [-0.05, 0) is 16.8 Å². The van der Waals surface area contributed by atoms with Crippen LogP contribution < -0.4 is 0 Å². The van der Waals surface area contributed by atoms with Gasteiger partial charge in [-0.15, -0.1) is 5.10 Å². The summed E-state index contributed by atoms with van der Waals surface area (Å²) in [6, 6.07) is 0. The fourth-order valence-electron chi connectivity index (χ4n) is 1.44. The van der Waals surface area contributed by atoms with Crippen LogP contribution in [0.5, 0.6) is 0 Å². The van der Waals surface area contributed by atoms with E-state index in [0.29, 0.717) is 11.6 Å². The number of aliphatic carboxylic acids is 1. The Kier molecular flexibility index (Phi) is 5.96. The monoisotopic (exact) mass is 258 g/mol. The van der Waals surface area contributed by atoms with Gasteiger partial charge in [0.2, 0.25) is 5.16 Å². The van der Waals surface area contributed by atoms with Crippen molar-refractivity contribution < 1.29 is 9.90 Å². The Bertz CT molecular complexity index is 356. The Hall–Kier alpha value is -1.11. The second-order valence-corrected chi connectivity index (χ2v) is 5.05. The SMILES string of the molecule is CCCCCCC(Sc1nnnn1C)C(=O)O. The minimum atomic E-state index is -0.797. The van der Waals surface area contributed by atoms with Gasteiger partial charge in [0.05, 0.1) is 0 Å². The maximum absolute atomic E-state index is 11.1. The molecule has 0 spiro atoms. The summed E-state index contributed by atoms with van der Waals surface area (Å²) in [5.41, 5.74) is 0. The summed E-state index contributed by atoms with van der Waals surface area (Å²) in [5, 5.41) is 20.2. The van der Waals surface area contributed by atoms with Crippen LogP contribution >= 0.6 is 11.8 Å². The molecule has 0 aliphatic heterocycles. The highest BCUT2D eigenvalue weighted by Crippen LogP contribution is 2.24. The van der Waals surface area contributed by atoms with Crippen LogP contribution in [-0.2, 0) is 11.8 Å². The molecule has 1 unspecified atom stereocenters. The standard InChI is InChI=1S/C10H18N4O2S/c1-3-4-5-6-7-8(9(15)16)17-10-11-12-13-14(10)2/h8H,3-7H2,1-2H3,(H,15,16). The Morgan fingerprint density at radius 2 is 2.24 bits per heavy atom. The zero-order valence-electron chi connectivity index (χ0n) is 10.2. The second kappa shape index (κ2) is 7.26. The van der Waals surface area contributed by atoms with Crippen molar-refractivity contribution in [1.29, 1.82) is 0 Å². The lowest BCUT2D eigenvalue weighted by Crippen LogP contribution is -2.17. The molecule has 6 nitrogen and oxygen atoms in total. The molecular weight excluding hydrogens is 240 g/mol. The molecule has 1 aromatic heterocycles. The van der Waals surface area contributed by atoms with Crippen molar-refractivity contribution >= 4 is 17.7 Å². The summed E-state index contributed by atoms with van der Waals surface area (Å²) < 4.78 is 1.49. The molecule has 0 amide bonds. The van der Waals surface area contributed by atoms with Gasteiger partial charge in [0.25, 0.3) is 0 Å². The normalized spacial score (nSPS) is 12.6. The summed E-state index contributed by atoms with van der Waals surface area (Å²) in [6.07, 6.45) is 4.98. The number of hydrogen-bond acceptors (Lipinski definition) is 5. The van der Waals surface area contributed by atoms with Gasteiger partial charge in [-0.25, -0.2) is 4.68 Å². The van der Waals surface area contributed by atoms with Crippen LogP contribution in [0.2, 0.25) is 0 Å². The minimum Gasteiger partial charge on any atom is -0.480 e. The molecule has 1 rings (SSSR count). The van der Waals surface area contributed by atoms with Gasteiger partial charge in [-0.1, -0.05) is 44.4 Å². The lowest BCUT2D eigenvalue weighted by Gasteiger charge is -2.10. The predicted molar refractivity (Wildman–Crippen MR) is 64.8 cm³/mol. The van der Waals surface area contributed by atoms with Crippen molar-refractivity contribution in [1.82, 2.24) is 20.2 Å². The molecule has 96 valence electrons. The van der Waals surface area contributed by atoms with E-state index in [1.165, 1.54) is 16.4 Å². The quantitative estimate of drug-likeness (QED) is 0.565. The number of carboxylic acids is 1. The highest BCUT2D eigenvalue weighted by atomic mass is 32.2. The fourth-order valence-corrected chi connectivity index (χ4v) is 2.35. The largest absolute Gasteiger partial charge is 0.480 e. The molecule has 1 heterocycles. The summed E-state index contributed by atoms with van der Waals surface area (Å²) in [6.45, 7) is 2.13. The molecule has 0 bridgehead atoms. The molecule has 0 aromatic carbocycles. The first-order valence-electron chi connectivity index (χ1n) is 5.77. The first kappa shape index (κ1) is 14.0. The van der Waals surface area contributed by atoms with E-state index in [1.54, 1.807) is 7.05 Å². The van der Waals surface area contributed by atoms with Crippen LogP contribution in [0.1, 0.15) is 39.0 Å². The van der Waals surface area contributed by atoms with E-state index in [-0.39, 0.29) is 0 Å². The van der Waals surface area contributed by atoms with Crippen molar-refractivity contribution in [3.63, 3.8) is 0 Å². The van der Waals surface area contributed by atoms with Gasteiger partial charge in [-0.3, -0.25) is 4.79 Å². The molecule has 0 aliphatic carbocycles. The molecule has 17 heavy (non-hydrogen) atoms. The Morgan fingerprint density at radius 1 is 1.47 bits per heavy atom. The number of unbranched alkanes of at least 4 members (excludes halogenated alkanes) is 3. The van der Waals surface area contributed by atoms with Crippen LogP contribution in [0.3, 0.4) is 0 Å². The van der Waals surface area contributed by atoms with E-state index in [1.807, 2.05) is 0 Å². The van der Waals surface area contributed by atoms with E-state index in [9.17, 15) is 4.79 Å². The van der Waals surface area contributed by atoms with E-state index in [2.05, 4.69) is 22.4 Å². The van der Waals surface area contributed by atoms with Crippen LogP contribution in [-0.4, -0.2) is 36.5 Å². The number of tetrazole rings is 1. The highest BCUT2D eigenvalue weighted by molar-refractivity contribution is 8.00. The van der Waals surface area contributed by atoms with Gasteiger partial charge in [-0.2, -0.15) is 0 Å². The first-order valence-corrected chi connectivity index (χ1v) is 6.65.